The quantitative estimate of drug-likeness (QED) is 0.196. The molecule has 29 heavy (non-hydrogen) atoms. The number of cyclic esters (lactones) is 1. The average molecular weight is 411 g/mol. The van der Waals surface area contributed by atoms with Gasteiger partial charge in [0.2, 0.25) is 5.41 Å². The molecular weight excluding hydrogens is 372 g/mol. The number of esters is 2. The van der Waals surface area contributed by atoms with Crippen LogP contribution < -0.4 is 0 Å². The Morgan fingerprint density at radius 2 is 1.34 bits per heavy atom. The predicted octanol–water partition coefficient (Wildman–Crippen LogP) is 4.71. The highest BCUT2D eigenvalue weighted by Gasteiger charge is 2.58. The Labute approximate surface area is 175 Å². The van der Waals surface area contributed by atoms with Gasteiger partial charge in [-0.1, -0.05) is 84.0 Å². The van der Waals surface area contributed by atoms with E-state index in [0.717, 1.165) is 19.3 Å². The highest BCUT2D eigenvalue weighted by Crippen LogP contribution is 2.31. The molecular formula is C23H38O6. The predicted molar refractivity (Wildman–Crippen MR) is 110 cm³/mol. The van der Waals surface area contributed by atoms with E-state index in [1.165, 1.54) is 64.7 Å². The van der Waals surface area contributed by atoms with Crippen molar-refractivity contribution in [2.24, 2.45) is 5.41 Å². The molecule has 166 valence electrons. The molecule has 1 atom stereocenters. The first kappa shape index (κ1) is 25.3. The molecule has 0 bridgehead atoms. The van der Waals surface area contributed by atoms with E-state index in [0.29, 0.717) is 6.42 Å². The lowest BCUT2D eigenvalue weighted by atomic mass is 9.79. The van der Waals surface area contributed by atoms with E-state index in [-0.39, 0.29) is 6.42 Å². The van der Waals surface area contributed by atoms with Crippen LogP contribution in [0.4, 0.5) is 0 Å². The van der Waals surface area contributed by atoms with Crippen LogP contribution in [-0.4, -0.2) is 36.7 Å². The number of hydrogen-bond donors (Lipinski definition) is 0. The Hall–Kier alpha value is -1.72. The van der Waals surface area contributed by atoms with Gasteiger partial charge in [-0.25, -0.2) is 0 Å². The van der Waals surface area contributed by atoms with Gasteiger partial charge in [-0.3, -0.25) is 19.2 Å². The third-order valence-electron chi connectivity index (χ3n) is 5.63. The van der Waals surface area contributed by atoms with E-state index < -0.39 is 42.1 Å². The van der Waals surface area contributed by atoms with Crippen LogP contribution in [0.3, 0.4) is 0 Å². The highest BCUT2D eigenvalue weighted by atomic mass is 16.6. The first-order valence-electron chi connectivity index (χ1n) is 11.3. The Morgan fingerprint density at radius 3 is 1.76 bits per heavy atom. The molecule has 0 aromatic rings. The standard InChI is InChI=1S/C23H38O6/c1-3-4-5-6-7-8-9-10-11-12-13-14-15-16-20(25)23(18-29-19(2)24)21(26)17-28-22(23)27/h3-18H2,1-2H3. The Bertz CT molecular complexity index is 523. The molecule has 1 fully saturated rings. The first-order chi connectivity index (χ1) is 13.9. The largest absolute Gasteiger partial charge is 0.464 e. The minimum atomic E-state index is -1.94. The zero-order chi connectivity index (χ0) is 21.5. The molecule has 0 aliphatic carbocycles. The monoisotopic (exact) mass is 410 g/mol. The molecule has 1 aliphatic heterocycles. The Balaban J connectivity index is 2.16. The van der Waals surface area contributed by atoms with E-state index in [1.807, 2.05) is 0 Å². The fourth-order valence-corrected chi connectivity index (χ4v) is 3.71. The van der Waals surface area contributed by atoms with Gasteiger partial charge in [0.1, 0.15) is 6.61 Å². The van der Waals surface area contributed by atoms with Crippen LogP contribution >= 0.6 is 0 Å². The van der Waals surface area contributed by atoms with Gasteiger partial charge in [0, 0.05) is 13.3 Å². The molecule has 6 heteroatoms. The number of Topliss-reactive ketones (excluding diaryl/α,β-unsaturated/α-hetero) is 2. The number of carbonyl (C=O) groups is 4. The number of carbonyl (C=O) groups excluding carboxylic acids is 4. The molecule has 1 rings (SSSR count). The van der Waals surface area contributed by atoms with Gasteiger partial charge < -0.3 is 9.47 Å². The third-order valence-corrected chi connectivity index (χ3v) is 5.63. The summed E-state index contributed by atoms with van der Waals surface area (Å²) in [5.74, 6) is -2.62. The number of ether oxygens (including phenoxy) is 2. The molecule has 0 aromatic heterocycles. The number of unbranched alkanes of at least 4 members (excludes halogenated alkanes) is 12. The van der Waals surface area contributed by atoms with Crippen molar-refractivity contribution in [1.82, 2.24) is 0 Å². The molecule has 6 nitrogen and oxygen atoms in total. The van der Waals surface area contributed by atoms with E-state index >= 15 is 0 Å². The van der Waals surface area contributed by atoms with Crippen molar-refractivity contribution in [3.05, 3.63) is 0 Å². The minimum Gasteiger partial charge on any atom is -0.464 e. The summed E-state index contributed by atoms with van der Waals surface area (Å²) in [6.45, 7) is 2.44. The van der Waals surface area contributed by atoms with Gasteiger partial charge in [0.05, 0.1) is 0 Å². The zero-order valence-electron chi connectivity index (χ0n) is 18.3. The SMILES string of the molecule is CCCCCCCCCCCCCCCC(=O)C1(COC(C)=O)C(=O)COC1=O. The molecule has 0 radical (unpaired) electrons. The van der Waals surface area contributed by atoms with Crippen LogP contribution in [0.5, 0.6) is 0 Å². The molecule has 1 aliphatic rings. The second-order valence-corrected chi connectivity index (χ2v) is 8.10. The van der Waals surface area contributed by atoms with Crippen molar-refractivity contribution < 1.29 is 28.7 Å². The van der Waals surface area contributed by atoms with Crippen LogP contribution in [-0.2, 0) is 28.7 Å². The van der Waals surface area contributed by atoms with E-state index in [4.69, 9.17) is 9.47 Å². The lowest BCUT2D eigenvalue weighted by molar-refractivity contribution is -0.159. The fraction of sp³-hybridized carbons (Fsp3) is 0.826. The summed E-state index contributed by atoms with van der Waals surface area (Å²) in [5.41, 5.74) is -1.94. The summed E-state index contributed by atoms with van der Waals surface area (Å²) in [4.78, 5) is 47.8. The van der Waals surface area contributed by atoms with Crippen molar-refractivity contribution >= 4 is 23.5 Å². The van der Waals surface area contributed by atoms with Crippen LogP contribution in [0.1, 0.15) is 104 Å². The lowest BCUT2D eigenvalue weighted by Gasteiger charge is -2.20. The molecule has 0 spiro atoms. The summed E-state index contributed by atoms with van der Waals surface area (Å²) in [5, 5.41) is 0. The van der Waals surface area contributed by atoms with Crippen LogP contribution in [0.15, 0.2) is 0 Å². The number of hydrogen-bond acceptors (Lipinski definition) is 6. The van der Waals surface area contributed by atoms with Crippen molar-refractivity contribution in [3.8, 4) is 0 Å². The molecule has 1 unspecified atom stereocenters. The average Bonchev–Trinajstić information content (AvgIpc) is 2.98. The van der Waals surface area contributed by atoms with Crippen LogP contribution in [0.25, 0.3) is 0 Å². The second kappa shape index (κ2) is 14.3. The van der Waals surface area contributed by atoms with Crippen molar-refractivity contribution in [2.75, 3.05) is 13.2 Å². The molecule has 1 heterocycles. The first-order valence-corrected chi connectivity index (χ1v) is 11.3. The van der Waals surface area contributed by atoms with Crippen molar-refractivity contribution in [2.45, 2.75) is 104 Å². The topological polar surface area (TPSA) is 86.7 Å². The summed E-state index contributed by atoms with van der Waals surface area (Å²) in [6.07, 6.45) is 15.6. The maximum absolute atomic E-state index is 12.6. The molecule has 0 aromatic carbocycles. The molecule has 0 saturated carbocycles. The fourth-order valence-electron chi connectivity index (χ4n) is 3.71. The van der Waals surface area contributed by atoms with E-state index in [9.17, 15) is 19.2 Å². The van der Waals surface area contributed by atoms with E-state index in [2.05, 4.69) is 6.92 Å². The highest BCUT2D eigenvalue weighted by molar-refractivity contribution is 6.25. The summed E-state index contributed by atoms with van der Waals surface area (Å²) in [6, 6.07) is 0. The smallest absolute Gasteiger partial charge is 0.331 e. The van der Waals surface area contributed by atoms with Crippen LogP contribution in [0.2, 0.25) is 0 Å². The maximum Gasteiger partial charge on any atom is 0.331 e. The second-order valence-electron chi connectivity index (χ2n) is 8.10. The number of rotatable bonds is 17. The number of ketones is 2. The summed E-state index contributed by atoms with van der Waals surface area (Å²) in [7, 11) is 0. The van der Waals surface area contributed by atoms with Crippen LogP contribution in [0, 0.1) is 5.41 Å². The third kappa shape index (κ3) is 8.67. The van der Waals surface area contributed by atoms with Gasteiger partial charge in [0.15, 0.2) is 18.2 Å². The van der Waals surface area contributed by atoms with E-state index in [1.54, 1.807) is 0 Å². The minimum absolute atomic E-state index is 0.125. The lowest BCUT2D eigenvalue weighted by Crippen LogP contribution is -2.46. The Kier molecular flexibility index (Phi) is 12.5. The van der Waals surface area contributed by atoms with Crippen molar-refractivity contribution in [3.63, 3.8) is 0 Å². The van der Waals surface area contributed by atoms with Crippen molar-refractivity contribution in [1.29, 1.82) is 0 Å². The van der Waals surface area contributed by atoms with Gasteiger partial charge >= 0.3 is 11.9 Å². The normalized spacial score (nSPS) is 18.7. The van der Waals surface area contributed by atoms with Gasteiger partial charge in [-0.05, 0) is 6.42 Å². The van der Waals surface area contributed by atoms with Gasteiger partial charge in [0.25, 0.3) is 0 Å². The zero-order valence-corrected chi connectivity index (χ0v) is 18.3. The molecule has 0 N–H and O–H groups in total. The molecule has 1 saturated heterocycles. The van der Waals surface area contributed by atoms with Gasteiger partial charge in [-0.2, -0.15) is 0 Å². The molecule has 0 amide bonds. The maximum atomic E-state index is 12.6. The summed E-state index contributed by atoms with van der Waals surface area (Å²) >= 11 is 0. The van der Waals surface area contributed by atoms with Gasteiger partial charge in [-0.15, -0.1) is 0 Å². The summed E-state index contributed by atoms with van der Waals surface area (Å²) < 4.78 is 9.58. The Morgan fingerprint density at radius 1 is 0.862 bits per heavy atom.